The highest BCUT2D eigenvalue weighted by molar-refractivity contribution is 5.96. The van der Waals surface area contributed by atoms with Gasteiger partial charge in [0, 0.05) is 17.8 Å². The molecule has 0 aliphatic heterocycles. The summed E-state index contributed by atoms with van der Waals surface area (Å²) in [6, 6.07) is 9.48. The molecule has 2 rings (SSSR count). The Balaban J connectivity index is 0.00000364. The fraction of sp³-hybridized carbons (Fsp3) is 0.278. The van der Waals surface area contributed by atoms with Crippen LogP contribution in [0.5, 0.6) is 11.5 Å². The number of methoxy groups -OCH3 is 1. The van der Waals surface area contributed by atoms with Crippen molar-refractivity contribution in [2.24, 2.45) is 0 Å². The second-order valence-electron chi connectivity index (χ2n) is 5.65. The maximum Gasteiger partial charge on any atom is 0.422 e. The Morgan fingerprint density at radius 2 is 1.85 bits per heavy atom. The van der Waals surface area contributed by atoms with Crippen LogP contribution in [0.25, 0.3) is 0 Å². The summed E-state index contributed by atoms with van der Waals surface area (Å²) in [7, 11) is 1.33. The lowest BCUT2D eigenvalue weighted by Gasteiger charge is -2.14. The van der Waals surface area contributed by atoms with Gasteiger partial charge in [-0.3, -0.25) is 4.79 Å². The molecule has 0 aromatic heterocycles. The molecule has 0 fully saturated rings. The molecule has 9 heteroatoms. The summed E-state index contributed by atoms with van der Waals surface area (Å²) < 4.78 is 46.6. The van der Waals surface area contributed by atoms with Crippen LogP contribution in [0.3, 0.4) is 0 Å². The van der Waals surface area contributed by atoms with E-state index in [2.05, 4.69) is 5.32 Å². The second kappa shape index (κ2) is 9.36. The van der Waals surface area contributed by atoms with Crippen LogP contribution >= 0.6 is 12.4 Å². The molecule has 0 aliphatic carbocycles. The van der Waals surface area contributed by atoms with Gasteiger partial charge in [0.05, 0.1) is 7.11 Å². The minimum absolute atomic E-state index is 0. The van der Waals surface area contributed by atoms with Crippen molar-refractivity contribution in [2.75, 3.05) is 19.5 Å². The lowest BCUT2D eigenvalue weighted by atomic mass is 10.1. The van der Waals surface area contributed by atoms with Crippen molar-refractivity contribution in [3.05, 3.63) is 53.1 Å². The smallest absolute Gasteiger partial charge is 0.422 e. The van der Waals surface area contributed by atoms with Crippen LogP contribution in [0.1, 0.15) is 21.5 Å². The number of aryl methyl sites for hydroxylation is 1. The van der Waals surface area contributed by atoms with E-state index in [0.29, 0.717) is 16.8 Å². The summed E-state index contributed by atoms with van der Waals surface area (Å²) >= 11 is 0. The van der Waals surface area contributed by atoms with Gasteiger partial charge in [-0.25, -0.2) is 0 Å². The number of halogens is 4. The van der Waals surface area contributed by atoms with Crippen LogP contribution in [0.4, 0.5) is 18.9 Å². The average Bonchev–Trinajstić information content (AvgIpc) is 2.59. The molecular formula is C18H20ClF3N2O3. The molecule has 2 aromatic rings. The van der Waals surface area contributed by atoms with Gasteiger partial charge in [0.25, 0.3) is 5.91 Å². The van der Waals surface area contributed by atoms with Crippen LogP contribution in [-0.2, 0) is 6.54 Å². The van der Waals surface area contributed by atoms with Crippen molar-refractivity contribution in [3.63, 3.8) is 0 Å². The van der Waals surface area contributed by atoms with Gasteiger partial charge < -0.3 is 20.5 Å². The zero-order valence-corrected chi connectivity index (χ0v) is 15.5. The maximum absolute atomic E-state index is 12.3. The Labute approximate surface area is 161 Å². The average molecular weight is 405 g/mol. The number of nitrogens with one attached hydrogen (secondary N) is 1. The molecule has 5 nitrogen and oxygen atoms in total. The lowest BCUT2D eigenvalue weighted by molar-refractivity contribution is -0.153. The molecule has 148 valence electrons. The SMILES string of the molecule is COc1cc(CNC(=O)c2cc(N)ccc2C)ccc1OCC(F)(F)F.Cl. The Bertz CT molecular complexity index is 798. The number of hydrogen-bond acceptors (Lipinski definition) is 4. The normalized spacial score (nSPS) is 10.7. The number of anilines is 1. The van der Waals surface area contributed by atoms with Crippen molar-refractivity contribution in [1.82, 2.24) is 5.32 Å². The van der Waals surface area contributed by atoms with Crippen LogP contribution in [-0.4, -0.2) is 25.8 Å². The molecular weight excluding hydrogens is 385 g/mol. The number of rotatable bonds is 6. The highest BCUT2D eigenvalue weighted by Crippen LogP contribution is 2.29. The minimum Gasteiger partial charge on any atom is -0.493 e. The Morgan fingerprint density at radius 1 is 1.15 bits per heavy atom. The first-order valence-electron chi connectivity index (χ1n) is 7.70. The molecule has 2 aromatic carbocycles. The van der Waals surface area contributed by atoms with E-state index < -0.39 is 12.8 Å². The van der Waals surface area contributed by atoms with Crippen molar-refractivity contribution in [2.45, 2.75) is 19.6 Å². The Morgan fingerprint density at radius 3 is 2.48 bits per heavy atom. The lowest BCUT2D eigenvalue weighted by Crippen LogP contribution is -2.24. The number of benzene rings is 2. The molecule has 0 aliphatic rings. The molecule has 0 heterocycles. The van der Waals surface area contributed by atoms with Crippen molar-refractivity contribution < 1.29 is 27.4 Å². The molecule has 0 atom stereocenters. The van der Waals surface area contributed by atoms with Crippen LogP contribution in [0.2, 0.25) is 0 Å². The van der Waals surface area contributed by atoms with E-state index in [1.165, 1.54) is 19.2 Å². The summed E-state index contributed by atoms with van der Waals surface area (Å²) in [5.74, 6) is -0.168. The number of nitrogen functional groups attached to an aromatic ring is 1. The maximum atomic E-state index is 12.3. The number of ether oxygens (including phenoxy) is 2. The van der Waals surface area contributed by atoms with E-state index in [4.69, 9.17) is 15.2 Å². The molecule has 0 unspecified atom stereocenters. The van der Waals surface area contributed by atoms with Gasteiger partial charge in [0.1, 0.15) is 0 Å². The Kier molecular flexibility index (Phi) is 7.78. The standard InChI is InChI=1S/C18H19F3N2O3.ClH/c1-11-3-5-13(22)8-14(11)17(24)23-9-12-4-6-15(16(7-12)25-2)26-10-18(19,20)21;/h3-8H,9-10,22H2,1-2H3,(H,23,24);1H. The van der Waals surface area contributed by atoms with E-state index in [1.807, 2.05) is 0 Å². The van der Waals surface area contributed by atoms with Gasteiger partial charge in [-0.05, 0) is 42.3 Å². The van der Waals surface area contributed by atoms with E-state index in [9.17, 15) is 18.0 Å². The fourth-order valence-electron chi connectivity index (χ4n) is 2.26. The summed E-state index contributed by atoms with van der Waals surface area (Å²) in [4.78, 5) is 12.3. The van der Waals surface area contributed by atoms with Crippen molar-refractivity contribution >= 4 is 24.0 Å². The first-order valence-corrected chi connectivity index (χ1v) is 7.70. The topological polar surface area (TPSA) is 73.6 Å². The van der Waals surface area contributed by atoms with Gasteiger partial charge in [0.2, 0.25) is 0 Å². The van der Waals surface area contributed by atoms with Gasteiger partial charge >= 0.3 is 6.18 Å². The van der Waals surface area contributed by atoms with Crippen LogP contribution in [0, 0.1) is 6.92 Å². The fourth-order valence-corrected chi connectivity index (χ4v) is 2.26. The van der Waals surface area contributed by atoms with E-state index in [1.54, 1.807) is 31.2 Å². The number of amides is 1. The number of carbonyl (C=O) groups excluding carboxylic acids is 1. The third kappa shape index (κ3) is 6.56. The quantitative estimate of drug-likeness (QED) is 0.717. The summed E-state index contributed by atoms with van der Waals surface area (Å²) in [5, 5.41) is 2.74. The van der Waals surface area contributed by atoms with Gasteiger partial charge in [-0.15, -0.1) is 12.4 Å². The largest absolute Gasteiger partial charge is 0.493 e. The molecule has 3 N–H and O–H groups in total. The summed E-state index contributed by atoms with van der Waals surface area (Å²) in [6.45, 7) is 0.557. The molecule has 0 spiro atoms. The highest BCUT2D eigenvalue weighted by atomic mass is 35.5. The van der Waals surface area contributed by atoms with E-state index in [-0.39, 0.29) is 36.4 Å². The third-order valence-corrected chi connectivity index (χ3v) is 3.58. The molecule has 0 radical (unpaired) electrons. The van der Waals surface area contributed by atoms with E-state index in [0.717, 1.165) is 5.56 Å². The van der Waals surface area contributed by atoms with Gasteiger partial charge in [-0.2, -0.15) is 13.2 Å². The van der Waals surface area contributed by atoms with Crippen LogP contribution < -0.4 is 20.5 Å². The molecule has 1 amide bonds. The monoisotopic (exact) mass is 404 g/mol. The first kappa shape index (κ1) is 22.4. The number of hydrogen-bond donors (Lipinski definition) is 2. The third-order valence-electron chi connectivity index (χ3n) is 3.58. The molecule has 27 heavy (non-hydrogen) atoms. The highest BCUT2D eigenvalue weighted by Gasteiger charge is 2.29. The second-order valence-corrected chi connectivity index (χ2v) is 5.65. The predicted octanol–water partition coefficient (Wildman–Crippen LogP) is 3.88. The first-order chi connectivity index (χ1) is 12.2. The molecule has 0 saturated heterocycles. The van der Waals surface area contributed by atoms with Gasteiger partial charge in [-0.1, -0.05) is 12.1 Å². The molecule has 0 bridgehead atoms. The zero-order chi connectivity index (χ0) is 19.3. The number of nitrogens with two attached hydrogens (primary N) is 1. The zero-order valence-electron chi connectivity index (χ0n) is 14.7. The summed E-state index contributed by atoms with van der Waals surface area (Å²) in [6.07, 6.45) is -4.44. The van der Waals surface area contributed by atoms with Crippen molar-refractivity contribution in [3.8, 4) is 11.5 Å². The van der Waals surface area contributed by atoms with E-state index >= 15 is 0 Å². The number of carbonyl (C=O) groups is 1. The van der Waals surface area contributed by atoms with Crippen LogP contribution in [0.15, 0.2) is 36.4 Å². The Hall–Kier alpha value is -2.61. The molecule has 0 saturated carbocycles. The minimum atomic E-state index is -4.44. The van der Waals surface area contributed by atoms with Gasteiger partial charge in [0.15, 0.2) is 18.1 Å². The number of alkyl halides is 3. The van der Waals surface area contributed by atoms with Crippen molar-refractivity contribution in [1.29, 1.82) is 0 Å². The summed E-state index contributed by atoms with van der Waals surface area (Å²) in [5.41, 5.74) is 8.07. The predicted molar refractivity (Wildman–Crippen MR) is 98.6 cm³/mol.